The molecule has 1 atom stereocenters. The van der Waals surface area contributed by atoms with Gasteiger partial charge >= 0.3 is 0 Å². The Labute approximate surface area is 120 Å². The molecule has 3 rings (SSSR count). The summed E-state index contributed by atoms with van der Waals surface area (Å²) in [7, 11) is 0. The van der Waals surface area contributed by atoms with E-state index in [1.54, 1.807) is 6.07 Å². The number of aromatic hydroxyl groups is 1. The molecule has 2 heteroatoms. The Morgan fingerprint density at radius 1 is 1.10 bits per heavy atom. The average molecular weight is 267 g/mol. The fraction of sp³-hybridized carbons (Fsp3) is 0.333. The molecule has 0 radical (unpaired) electrons. The molecule has 0 saturated carbocycles. The Balaban J connectivity index is 2.15. The molecule has 20 heavy (non-hydrogen) atoms. The highest BCUT2D eigenvalue weighted by Gasteiger charge is 2.30. The molecule has 0 aromatic heterocycles. The first kappa shape index (κ1) is 13.2. The third-order valence-electron chi connectivity index (χ3n) is 4.29. The van der Waals surface area contributed by atoms with Crippen LogP contribution in [0.4, 0.5) is 0 Å². The van der Waals surface area contributed by atoms with E-state index in [0.29, 0.717) is 11.7 Å². The first-order valence-corrected chi connectivity index (χ1v) is 7.21. The predicted octanol–water partition coefficient (Wildman–Crippen LogP) is 3.75. The number of rotatable bonds is 1. The van der Waals surface area contributed by atoms with Crippen molar-refractivity contribution in [2.45, 2.75) is 31.7 Å². The molecule has 2 N–H and O–H groups in total. The van der Waals surface area contributed by atoms with Gasteiger partial charge in [-0.15, -0.1) is 0 Å². The van der Waals surface area contributed by atoms with Crippen molar-refractivity contribution in [2.75, 3.05) is 6.54 Å². The predicted molar refractivity (Wildman–Crippen MR) is 82.0 cm³/mol. The van der Waals surface area contributed by atoms with E-state index in [0.717, 1.165) is 13.0 Å². The minimum Gasteiger partial charge on any atom is -0.508 e. The fourth-order valence-corrected chi connectivity index (χ4v) is 3.20. The first-order chi connectivity index (χ1) is 9.58. The molecule has 2 aromatic carbocycles. The quantitative estimate of drug-likeness (QED) is 0.824. The smallest absolute Gasteiger partial charge is 0.115 e. The molecule has 1 aliphatic heterocycles. The van der Waals surface area contributed by atoms with Crippen LogP contribution in [-0.2, 0) is 5.54 Å². The van der Waals surface area contributed by atoms with E-state index in [4.69, 9.17) is 0 Å². The van der Waals surface area contributed by atoms with E-state index >= 15 is 0 Å². The molecule has 1 aliphatic rings. The van der Waals surface area contributed by atoms with E-state index in [9.17, 15) is 5.11 Å². The Morgan fingerprint density at radius 3 is 2.60 bits per heavy atom. The molecule has 0 aliphatic carbocycles. The second-order valence-electron chi connectivity index (χ2n) is 6.08. The van der Waals surface area contributed by atoms with Crippen LogP contribution in [0.3, 0.4) is 0 Å². The van der Waals surface area contributed by atoms with Crippen LogP contribution in [0, 0.1) is 0 Å². The van der Waals surface area contributed by atoms with Crippen molar-refractivity contribution in [3.05, 3.63) is 65.2 Å². The van der Waals surface area contributed by atoms with Gasteiger partial charge in [0.25, 0.3) is 0 Å². The summed E-state index contributed by atoms with van der Waals surface area (Å²) in [5, 5.41) is 13.4. The maximum Gasteiger partial charge on any atom is 0.115 e. The van der Waals surface area contributed by atoms with Gasteiger partial charge in [0.15, 0.2) is 0 Å². The van der Waals surface area contributed by atoms with Gasteiger partial charge in [-0.1, -0.05) is 36.4 Å². The van der Waals surface area contributed by atoms with Gasteiger partial charge in [0.1, 0.15) is 5.75 Å². The third-order valence-corrected chi connectivity index (χ3v) is 4.29. The summed E-state index contributed by atoms with van der Waals surface area (Å²) in [4.78, 5) is 0. The average Bonchev–Trinajstić information content (AvgIpc) is 2.57. The lowest BCUT2D eigenvalue weighted by molar-refractivity contribution is 0.407. The molecule has 0 amide bonds. The highest BCUT2D eigenvalue weighted by Crippen LogP contribution is 2.38. The summed E-state index contributed by atoms with van der Waals surface area (Å²) in [5.41, 5.74) is 3.75. The topological polar surface area (TPSA) is 32.3 Å². The molecule has 0 unspecified atom stereocenters. The first-order valence-electron chi connectivity index (χ1n) is 7.21. The molecule has 104 valence electrons. The van der Waals surface area contributed by atoms with Crippen molar-refractivity contribution in [1.29, 1.82) is 0 Å². The summed E-state index contributed by atoms with van der Waals surface area (Å²) in [6, 6.07) is 16.4. The minimum atomic E-state index is -0.113. The lowest BCUT2D eigenvalue weighted by Gasteiger charge is -2.27. The summed E-state index contributed by atoms with van der Waals surface area (Å²) in [6.07, 6.45) is 1.07. The Hall–Kier alpha value is -1.80. The minimum absolute atomic E-state index is 0.113. The van der Waals surface area contributed by atoms with Gasteiger partial charge in [-0.25, -0.2) is 0 Å². The number of hydrogen-bond acceptors (Lipinski definition) is 2. The van der Waals surface area contributed by atoms with Gasteiger partial charge in [0.05, 0.1) is 0 Å². The lowest BCUT2D eigenvalue weighted by atomic mass is 9.82. The number of phenols is 1. The van der Waals surface area contributed by atoms with Crippen LogP contribution in [0.5, 0.6) is 5.75 Å². The maximum atomic E-state index is 9.84. The van der Waals surface area contributed by atoms with Crippen molar-refractivity contribution in [2.24, 2.45) is 0 Å². The van der Waals surface area contributed by atoms with Gasteiger partial charge in [0, 0.05) is 11.5 Å². The summed E-state index contributed by atoms with van der Waals surface area (Å²) < 4.78 is 0. The zero-order chi connectivity index (χ0) is 14.2. The van der Waals surface area contributed by atoms with Crippen LogP contribution in [0.25, 0.3) is 0 Å². The SMILES string of the molecule is CC1(C)NCC[C@@H](c2ccccc2)c2ccc(O)cc21. The van der Waals surface area contributed by atoms with Crippen molar-refractivity contribution in [3.8, 4) is 5.75 Å². The highest BCUT2D eigenvalue weighted by molar-refractivity contribution is 5.45. The summed E-state index contributed by atoms with van der Waals surface area (Å²) >= 11 is 0. The lowest BCUT2D eigenvalue weighted by Crippen LogP contribution is -2.36. The number of nitrogens with one attached hydrogen (secondary N) is 1. The van der Waals surface area contributed by atoms with Crippen molar-refractivity contribution in [1.82, 2.24) is 5.32 Å². The van der Waals surface area contributed by atoms with Crippen LogP contribution in [-0.4, -0.2) is 11.7 Å². The third kappa shape index (κ3) is 2.32. The second kappa shape index (κ2) is 4.95. The van der Waals surface area contributed by atoms with Gasteiger partial charge in [-0.2, -0.15) is 0 Å². The molecule has 2 nitrogen and oxygen atoms in total. The molecule has 0 spiro atoms. The Bertz CT molecular complexity index is 604. The van der Waals surface area contributed by atoms with E-state index in [1.165, 1.54) is 16.7 Å². The van der Waals surface area contributed by atoms with Crippen LogP contribution in [0.15, 0.2) is 48.5 Å². The molecular weight excluding hydrogens is 246 g/mol. The highest BCUT2D eigenvalue weighted by atomic mass is 16.3. The zero-order valence-corrected chi connectivity index (χ0v) is 12.1. The molecule has 2 aromatic rings. The molecular formula is C18H21NO. The Morgan fingerprint density at radius 2 is 1.85 bits per heavy atom. The second-order valence-corrected chi connectivity index (χ2v) is 6.08. The Kier molecular flexibility index (Phi) is 3.27. The van der Waals surface area contributed by atoms with Gasteiger partial charge in [-0.05, 0) is 55.6 Å². The number of phenolic OH excluding ortho intramolecular Hbond substituents is 1. The van der Waals surface area contributed by atoms with Crippen LogP contribution < -0.4 is 5.32 Å². The summed E-state index contributed by atoms with van der Waals surface area (Å²) in [5.74, 6) is 0.730. The number of benzene rings is 2. The van der Waals surface area contributed by atoms with E-state index in [-0.39, 0.29) is 5.54 Å². The van der Waals surface area contributed by atoms with E-state index in [1.807, 2.05) is 6.07 Å². The van der Waals surface area contributed by atoms with Gasteiger partial charge in [0.2, 0.25) is 0 Å². The summed E-state index contributed by atoms with van der Waals surface area (Å²) in [6.45, 7) is 5.33. The van der Waals surface area contributed by atoms with Gasteiger partial charge < -0.3 is 10.4 Å². The van der Waals surface area contributed by atoms with E-state index in [2.05, 4.69) is 55.6 Å². The van der Waals surface area contributed by atoms with Crippen LogP contribution in [0.2, 0.25) is 0 Å². The normalized spacial score (nSPS) is 21.0. The molecule has 0 saturated heterocycles. The van der Waals surface area contributed by atoms with Gasteiger partial charge in [-0.3, -0.25) is 0 Å². The maximum absolute atomic E-state index is 9.84. The monoisotopic (exact) mass is 267 g/mol. The van der Waals surface area contributed by atoms with Crippen LogP contribution >= 0.6 is 0 Å². The number of hydrogen-bond donors (Lipinski definition) is 2. The fourth-order valence-electron chi connectivity index (χ4n) is 3.20. The van der Waals surface area contributed by atoms with Crippen molar-refractivity contribution >= 4 is 0 Å². The standard InChI is InChI=1S/C18H21NO/c1-18(2)17-12-14(20)8-9-16(17)15(10-11-19-18)13-6-4-3-5-7-13/h3-9,12,15,19-20H,10-11H2,1-2H3/t15-/m0/s1. The van der Waals surface area contributed by atoms with Crippen LogP contribution in [0.1, 0.15) is 42.9 Å². The molecule has 0 bridgehead atoms. The largest absolute Gasteiger partial charge is 0.508 e. The number of fused-ring (bicyclic) bond motifs is 1. The molecule has 1 heterocycles. The zero-order valence-electron chi connectivity index (χ0n) is 12.1. The molecule has 0 fully saturated rings. The van der Waals surface area contributed by atoms with Crippen molar-refractivity contribution in [3.63, 3.8) is 0 Å². The van der Waals surface area contributed by atoms with Crippen molar-refractivity contribution < 1.29 is 5.11 Å². The van der Waals surface area contributed by atoms with E-state index < -0.39 is 0 Å².